The molecule has 2 aliphatic rings. The van der Waals surface area contributed by atoms with Gasteiger partial charge >= 0.3 is 0 Å². The molecule has 2 rings (SSSR count). The first kappa shape index (κ1) is 14.3. The number of sulfone groups is 1. The quantitative estimate of drug-likeness (QED) is 0.804. The van der Waals surface area contributed by atoms with Crippen LogP contribution in [0.2, 0.25) is 0 Å². The Balaban J connectivity index is 1.84. The molecule has 4 heteroatoms. The highest BCUT2D eigenvalue weighted by Crippen LogP contribution is 2.26. The van der Waals surface area contributed by atoms with Crippen LogP contribution >= 0.6 is 0 Å². The van der Waals surface area contributed by atoms with Crippen LogP contribution in [0.25, 0.3) is 0 Å². The first-order chi connectivity index (χ1) is 8.57. The van der Waals surface area contributed by atoms with Crippen molar-refractivity contribution in [3.63, 3.8) is 0 Å². The highest BCUT2D eigenvalue weighted by molar-refractivity contribution is 7.91. The predicted molar refractivity (Wildman–Crippen MR) is 75.5 cm³/mol. The summed E-state index contributed by atoms with van der Waals surface area (Å²) in [5.74, 6) is 1.49. The van der Waals surface area contributed by atoms with Crippen LogP contribution in [0, 0.1) is 5.92 Å². The van der Waals surface area contributed by atoms with E-state index in [0.717, 1.165) is 18.8 Å². The van der Waals surface area contributed by atoms with Crippen LogP contribution < -0.4 is 5.32 Å². The molecule has 2 fully saturated rings. The molecule has 106 valence electrons. The van der Waals surface area contributed by atoms with E-state index >= 15 is 0 Å². The van der Waals surface area contributed by atoms with Crippen LogP contribution in [0.1, 0.15) is 58.3 Å². The predicted octanol–water partition coefficient (Wildman–Crippen LogP) is 2.51. The van der Waals surface area contributed by atoms with Gasteiger partial charge in [0.15, 0.2) is 9.84 Å². The maximum atomic E-state index is 11.6. The average molecular weight is 273 g/mol. The standard InChI is InChI=1S/C14H27NO2S/c1-12(13-7-4-2-3-5-8-13)15-14-9-6-10-18(16,17)11-14/h12-15H,2-11H2,1H3/t12-,14?/m1/s1. The van der Waals surface area contributed by atoms with E-state index in [2.05, 4.69) is 12.2 Å². The maximum Gasteiger partial charge on any atom is 0.151 e. The molecule has 0 aromatic carbocycles. The smallest absolute Gasteiger partial charge is 0.151 e. The van der Waals surface area contributed by atoms with Crippen molar-refractivity contribution in [3.05, 3.63) is 0 Å². The molecule has 1 aliphatic carbocycles. The fraction of sp³-hybridized carbons (Fsp3) is 1.00. The van der Waals surface area contributed by atoms with E-state index in [1.807, 2.05) is 0 Å². The van der Waals surface area contributed by atoms with Crippen LogP contribution in [0.5, 0.6) is 0 Å². The van der Waals surface area contributed by atoms with Crippen molar-refractivity contribution in [2.45, 2.75) is 70.4 Å². The summed E-state index contributed by atoms with van der Waals surface area (Å²) < 4.78 is 23.3. The van der Waals surface area contributed by atoms with E-state index in [1.165, 1.54) is 38.5 Å². The Morgan fingerprint density at radius 2 is 1.67 bits per heavy atom. The molecule has 1 saturated heterocycles. The second-order valence-electron chi connectivity index (χ2n) is 6.16. The Kier molecular flexibility index (Phi) is 5.07. The Bertz CT molecular complexity index is 345. The zero-order chi connectivity index (χ0) is 13.0. The van der Waals surface area contributed by atoms with E-state index in [-0.39, 0.29) is 6.04 Å². The highest BCUT2D eigenvalue weighted by Gasteiger charge is 2.27. The first-order valence-electron chi connectivity index (χ1n) is 7.53. The maximum absolute atomic E-state index is 11.6. The zero-order valence-electron chi connectivity index (χ0n) is 11.5. The fourth-order valence-electron chi connectivity index (χ4n) is 3.47. The molecule has 2 atom stereocenters. The molecule has 0 bridgehead atoms. The molecule has 0 radical (unpaired) electrons. The zero-order valence-corrected chi connectivity index (χ0v) is 12.3. The molecular formula is C14H27NO2S. The van der Waals surface area contributed by atoms with Crippen LogP contribution in [-0.2, 0) is 9.84 Å². The minimum Gasteiger partial charge on any atom is -0.310 e. The number of hydrogen-bond acceptors (Lipinski definition) is 3. The van der Waals surface area contributed by atoms with Crippen LogP contribution in [0.15, 0.2) is 0 Å². The molecule has 0 aromatic heterocycles. The lowest BCUT2D eigenvalue weighted by Gasteiger charge is -2.30. The lowest BCUT2D eigenvalue weighted by molar-refractivity contribution is 0.306. The summed E-state index contributed by atoms with van der Waals surface area (Å²) in [6.07, 6.45) is 9.93. The second kappa shape index (κ2) is 6.38. The van der Waals surface area contributed by atoms with Gasteiger partial charge in [0.2, 0.25) is 0 Å². The molecule has 1 unspecified atom stereocenters. The van der Waals surface area contributed by atoms with Gasteiger partial charge in [-0.1, -0.05) is 25.7 Å². The largest absolute Gasteiger partial charge is 0.310 e. The summed E-state index contributed by atoms with van der Waals surface area (Å²) in [5.41, 5.74) is 0. The SMILES string of the molecule is C[C@@H](NC1CCCS(=O)(=O)C1)C1CCCCCC1. The third-order valence-electron chi connectivity index (χ3n) is 4.57. The second-order valence-corrected chi connectivity index (χ2v) is 8.39. The van der Waals surface area contributed by atoms with Crippen LogP contribution in [0.3, 0.4) is 0 Å². The fourth-order valence-corrected chi connectivity index (χ4v) is 5.12. The van der Waals surface area contributed by atoms with Gasteiger partial charge in [0.05, 0.1) is 11.5 Å². The van der Waals surface area contributed by atoms with E-state index in [1.54, 1.807) is 0 Å². The van der Waals surface area contributed by atoms with Gasteiger partial charge in [0.25, 0.3) is 0 Å². The van der Waals surface area contributed by atoms with Crippen LogP contribution in [0.4, 0.5) is 0 Å². The van der Waals surface area contributed by atoms with Crippen molar-refractivity contribution >= 4 is 9.84 Å². The van der Waals surface area contributed by atoms with Gasteiger partial charge in [-0.05, 0) is 38.5 Å². The van der Waals surface area contributed by atoms with Crippen molar-refractivity contribution in [2.75, 3.05) is 11.5 Å². The summed E-state index contributed by atoms with van der Waals surface area (Å²) in [5, 5.41) is 3.59. The molecule has 1 aliphatic heterocycles. The molecule has 18 heavy (non-hydrogen) atoms. The van der Waals surface area contributed by atoms with Crippen molar-refractivity contribution in [2.24, 2.45) is 5.92 Å². The lowest BCUT2D eigenvalue weighted by Crippen LogP contribution is -2.46. The van der Waals surface area contributed by atoms with Crippen molar-refractivity contribution in [1.29, 1.82) is 0 Å². The highest BCUT2D eigenvalue weighted by atomic mass is 32.2. The van der Waals surface area contributed by atoms with E-state index in [4.69, 9.17) is 0 Å². The summed E-state index contributed by atoms with van der Waals surface area (Å²) >= 11 is 0. The Labute approximate surface area is 112 Å². The van der Waals surface area contributed by atoms with Gasteiger partial charge in [-0.15, -0.1) is 0 Å². The van der Waals surface area contributed by atoms with Crippen molar-refractivity contribution in [3.8, 4) is 0 Å². The minimum absolute atomic E-state index is 0.196. The average Bonchev–Trinajstić information content (AvgIpc) is 2.55. The molecular weight excluding hydrogens is 246 g/mol. The van der Waals surface area contributed by atoms with Gasteiger partial charge < -0.3 is 5.32 Å². The van der Waals surface area contributed by atoms with Gasteiger partial charge in [-0.2, -0.15) is 0 Å². The molecule has 1 saturated carbocycles. The van der Waals surface area contributed by atoms with Gasteiger partial charge in [-0.25, -0.2) is 8.42 Å². The van der Waals surface area contributed by atoms with Gasteiger partial charge in [-0.3, -0.25) is 0 Å². The topological polar surface area (TPSA) is 46.2 Å². The molecule has 3 nitrogen and oxygen atoms in total. The third kappa shape index (κ3) is 4.23. The Morgan fingerprint density at radius 3 is 2.28 bits per heavy atom. The molecule has 1 N–H and O–H groups in total. The van der Waals surface area contributed by atoms with Gasteiger partial charge in [0.1, 0.15) is 0 Å². The van der Waals surface area contributed by atoms with E-state index in [9.17, 15) is 8.42 Å². The Hall–Kier alpha value is -0.0900. The molecule has 1 heterocycles. The summed E-state index contributed by atoms with van der Waals surface area (Å²) in [6.45, 7) is 2.25. The number of nitrogens with one attached hydrogen (secondary N) is 1. The summed E-state index contributed by atoms with van der Waals surface area (Å²) in [4.78, 5) is 0. The number of hydrogen-bond donors (Lipinski definition) is 1. The van der Waals surface area contributed by atoms with Crippen molar-refractivity contribution in [1.82, 2.24) is 5.32 Å². The van der Waals surface area contributed by atoms with E-state index < -0.39 is 9.84 Å². The first-order valence-corrected chi connectivity index (χ1v) is 9.35. The Morgan fingerprint density at radius 1 is 1.00 bits per heavy atom. The van der Waals surface area contributed by atoms with Gasteiger partial charge in [0, 0.05) is 12.1 Å². The third-order valence-corrected chi connectivity index (χ3v) is 6.39. The minimum atomic E-state index is -2.78. The van der Waals surface area contributed by atoms with Crippen molar-refractivity contribution < 1.29 is 8.42 Å². The van der Waals surface area contributed by atoms with Crippen LogP contribution in [-0.4, -0.2) is 32.0 Å². The molecule has 0 spiro atoms. The summed E-state index contributed by atoms with van der Waals surface area (Å²) in [7, 11) is -2.78. The monoisotopic (exact) mass is 273 g/mol. The summed E-state index contributed by atoms with van der Waals surface area (Å²) in [6, 6.07) is 0.670. The molecule has 0 aromatic rings. The normalized spacial score (nSPS) is 31.7. The molecule has 0 amide bonds. The lowest BCUT2D eigenvalue weighted by atomic mass is 9.92. The van der Waals surface area contributed by atoms with E-state index in [0.29, 0.717) is 17.5 Å². The number of rotatable bonds is 3.